The Morgan fingerprint density at radius 2 is 1.81 bits per heavy atom. The molecule has 0 saturated carbocycles. The van der Waals surface area contributed by atoms with E-state index in [1.165, 1.54) is 38.2 Å². The van der Waals surface area contributed by atoms with Crippen molar-refractivity contribution in [2.24, 2.45) is 0 Å². The molecule has 11 heteroatoms. The quantitative estimate of drug-likeness (QED) is 0.382. The summed E-state index contributed by atoms with van der Waals surface area (Å²) in [6.07, 6.45) is -2.30. The van der Waals surface area contributed by atoms with Gasteiger partial charge in [-0.2, -0.15) is 18.4 Å². The van der Waals surface area contributed by atoms with Crippen LogP contribution in [0.3, 0.4) is 0 Å². The molecule has 0 aliphatic carbocycles. The number of nitriles is 1. The summed E-state index contributed by atoms with van der Waals surface area (Å²) in [6.45, 7) is 2.66. The number of aliphatic hydroxyl groups is 1. The number of alkyl halides is 3. The first kappa shape index (κ1) is 27.4. The van der Waals surface area contributed by atoms with Gasteiger partial charge in [0.1, 0.15) is 11.8 Å². The zero-order valence-corrected chi connectivity index (χ0v) is 20.6. The van der Waals surface area contributed by atoms with Gasteiger partial charge < -0.3 is 10.2 Å². The van der Waals surface area contributed by atoms with Crippen LogP contribution < -0.4 is 0 Å². The fourth-order valence-electron chi connectivity index (χ4n) is 3.89. The summed E-state index contributed by atoms with van der Waals surface area (Å²) in [7, 11) is 0. The van der Waals surface area contributed by atoms with E-state index in [-0.39, 0.29) is 32.4 Å². The molecule has 2 heterocycles. The molecule has 3 rings (SSSR count). The lowest BCUT2D eigenvalue weighted by molar-refractivity contribution is -0.274. The minimum absolute atomic E-state index is 0.0290. The van der Waals surface area contributed by atoms with Crippen LogP contribution in [0.2, 0.25) is 10.0 Å². The highest BCUT2D eigenvalue weighted by atomic mass is 35.5. The van der Waals surface area contributed by atoms with E-state index >= 15 is 0 Å². The number of carboxylic acids is 1. The lowest BCUT2D eigenvalue weighted by Gasteiger charge is -2.37. The molecule has 0 saturated heterocycles. The van der Waals surface area contributed by atoms with E-state index in [9.17, 15) is 23.1 Å². The number of aryl methyl sites for hydroxylation is 3. The molecule has 2 N–H and O–H groups in total. The second kappa shape index (κ2) is 10.4. The van der Waals surface area contributed by atoms with Crippen molar-refractivity contribution in [2.45, 2.75) is 44.4 Å². The molecule has 0 bridgehead atoms. The average Bonchev–Trinajstić information content (AvgIpc) is 2.81. The monoisotopic (exact) mass is 537 g/mol. The minimum atomic E-state index is -5.07. The van der Waals surface area contributed by atoms with Gasteiger partial charge in [0.05, 0.1) is 16.3 Å². The lowest BCUT2D eigenvalue weighted by Crippen LogP contribution is -2.46. The predicted octanol–water partition coefficient (Wildman–Crippen LogP) is 6.00. The van der Waals surface area contributed by atoms with Crippen LogP contribution in [-0.4, -0.2) is 32.3 Å². The molecule has 0 spiro atoms. The van der Waals surface area contributed by atoms with E-state index in [2.05, 4.69) is 9.97 Å². The highest BCUT2D eigenvalue weighted by Gasteiger charge is 2.59. The highest BCUT2D eigenvalue weighted by Crippen LogP contribution is 2.49. The Hall–Kier alpha value is -3.19. The Morgan fingerprint density at radius 1 is 1.11 bits per heavy atom. The summed E-state index contributed by atoms with van der Waals surface area (Å²) >= 11 is 12.5. The van der Waals surface area contributed by atoms with Gasteiger partial charge in [-0.15, -0.1) is 0 Å². The summed E-state index contributed by atoms with van der Waals surface area (Å²) in [5, 5.41) is 29.3. The van der Waals surface area contributed by atoms with Gasteiger partial charge in [-0.25, -0.2) is 9.78 Å². The first-order chi connectivity index (χ1) is 16.8. The third-order valence-corrected chi connectivity index (χ3v) is 6.68. The number of carboxylic acid groups (broad SMARTS) is 1. The average molecular weight is 538 g/mol. The molecule has 6 nitrogen and oxygen atoms in total. The van der Waals surface area contributed by atoms with E-state index in [1.54, 1.807) is 12.1 Å². The van der Waals surface area contributed by atoms with Crippen LogP contribution in [0.25, 0.3) is 0 Å². The molecule has 3 aromatic rings. The molecular formula is C25H20Cl2F3N3O3. The van der Waals surface area contributed by atoms with E-state index in [4.69, 9.17) is 33.6 Å². The standard InChI is InChI=1S/C25H20Cl2F3N3O3/c1-13-7-17(12-33-22(13)10-31)24(36,25(28,29)30)14(2)18-5-3-15(8-19(18)26)4-6-21-20(27)9-16(11-32-21)23(34)35/h3,5,7-9,11-12,14,36H,4,6H2,1-2H3,(H,34,35)/t14-,24-/m1/s1. The number of halogens is 5. The van der Waals surface area contributed by atoms with Crippen molar-refractivity contribution in [2.75, 3.05) is 0 Å². The summed E-state index contributed by atoms with van der Waals surface area (Å²) in [5.74, 6) is -2.66. The van der Waals surface area contributed by atoms with Crippen LogP contribution in [0.15, 0.2) is 42.7 Å². The molecule has 1 aromatic carbocycles. The zero-order valence-electron chi connectivity index (χ0n) is 19.1. The fraction of sp³-hybridized carbons (Fsp3) is 0.280. The van der Waals surface area contributed by atoms with E-state index < -0.39 is 29.2 Å². The van der Waals surface area contributed by atoms with Gasteiger partial charge in [0.25, 0.3) is 0 Å². The van der Waals surface area contributed by atoms with E-state index in [0.29, 0.717) is 24.1 Å². The Kier molecular flexibility index (Phi) is 7.94. The van der Waals surface area contributed by atoms with Crippen molar-refractivity contribution in [3.05, 3.63) is 92.0 Å². The van der Waals surface area contributed by atoms with Crippen molar-refractivity contribution in [3.63, 3.8) is 0 Å². The van der Waals surface area contributed by atoms with Crippen LogP contribution in [-0.2, 0) is 18.4 Å². The number of rotatable bonds is 7. The number of nitrogens with zero attached hydrogens (tertiary/aromatic N) is 3. The second-order valence-electron chi connectivity index (χ2n) is 8.30. The molecule has 36 heavy (non-hydrogen) atoms. The van der Waals surface area contributed by atoms with Crippen LogP contribution in [0.4, 0.5) is 13.2 Å². The molecule has 2 aromatic heterocycles. The molecule has 0 aliphatic rings. The Morgan fingerprint density at radius 3 is 2.33 bits per heavy atom. The number of benzene rings is 1. The van der Waals surface area contributed by atoms with Crippen molar-refractivity contribution < 1.29 is 28.2 Å². The molecule has 0 unspecified atom stereocenters. The number of hydrogen-bond donors (Lipinski definition) is 2. The number of carbonyl (C=O) groups is 1. The normalized spacial score (nSPS) is 14.1. The molecule has 2 atom stereocenters. The smallest absolute Gasteiger partial charge is 0.422 e. The third-order valence-electron chi connectivity index (χ3n) is 6.03. The number of aromatic nitrogens is 2. The van der Waals surface area contributed by atoms with Crippen LogP contribution >= 0.6 is 23.2 Å². The topological polar surface area (TPSA) is 107 Å². The minimum Gasteiger partial charge on any atom is -0.478 e. The number of pyridine rings is 2. The number of hydrogen-bond acceptors (Lipinski definition) is 5. The van der Waals surface area contributed by atoms with Crippen molar-refractivity contribution in [1.82, 2.24) is 9.97 Å². The zero-order chi connectivity index (χ0) is 26.8. The molecule has 0 radical (unpaired) electrons. The van der Waals surface area contributed by atoms with Crippen LogP contribution in [0, 0.1) is 18.3 Å². The van der Waals surface area contributed by atoms with Crippen LogP contribution in [0.1, 0.15) is 56.8 Å². The van der Waals surface area contributed by atoms with Crippen molar-refractivity contribution >= 4 is 29.2 Å². The lowest BCUT2D eigenvalue weighted by atomic mass is 9.77. The highest BCUT2D eigenvalue weighted by molar-refractivity contribution is 6.31. The third kappa shape index (κ3) is 5.31. The summed E-state index contributed by atoms with van der Waals surface area (Å²) in [5.41, 5.74) is -2.47. The first-order valence-corrected chi connectivity index (χ1v) is 11.4. The van der Waals surface area contributed by atoms with Gasteiger partial charge in [-0.1, -0.05) is 42.3 Å². The summed E-state index contributed by atoms with van der Waals surface area (Å²) < 4.78 is 42.7. The largest absolute Gasteiger partial charge is 0.478 e. The van der Waals surface area contributed by atoms with E-state index in [0.717, 1.165) is 12.3 Å². The molecular weight excluding hydrogens is 518 g/mol. The molecule has 0 amide bonds. The summed E-state index contributed by atoms with van der Waals surface area (Å²) in [4.78, 5) is 18.8. The summed E-state index contributed by atoms with van der Waals surface area (Å²) in [6, 6.07) is 8.71. The Labute approximate surface area is 215 Å². The Balaban J connectivity index is 1.89. The van der Waals surface area contributed by atoms with Gasteiger partial charge in [0, 0.05) is 28.9 Å². The molecule has 188 valence electrons. The van der Waals surface area contributed by atoms with Gasteiger partial charge in [0.15, 0.2) is 5.60 Å². The first-order valence-electron chi connectivity index (χ1n) is 10.6. The second-order valence-corrected chi connectivity index (χ2v) is 9.12. The van der Waals surface area contributed by atoms with Gasteiger partial charge in [-0.3, -0.25) is 4.98 Å². The predicted molar refractivity (Wildman–Crippen MR) is 127 cm³/mol. The van der Waals surface area contributed by atoms with Gasteiger partial charge in [0.2, 0.25) is 0 Å². The SMILES string of the molecule is Cc1cc([C@](O)([C@H](C)c2ccc(CCc3ncc(C(=O)O)cc3Cl)cc2Cl)C(F)(F)F)cnc1C#N. The maximum Gasteiger partial charge on any atom is 0.422 e. The number of aromatic carboxylic acids is 1. The molecule has 0 fully saturated rings. The van der Waals surface area contributed by atoms with Crippen molar-refractivity contribution in [3.8, 4) is 6.07 Å². The van der Waals surface area contributed by atoms with Crippen molar-refractivity contribution in [1.29, 1.82) is 5.26 Å². The maximum atomic E-state index is 14.2. The van der Waals surface area contributed by atoms with Gasteiger partial charge in [-0.05, 0) is 54.7 Å². The molecule has 0 aliphatic heterocycles. The van der Waals surface area contributed by atoms with Crippen LogP contribution in [0.5, 0.6) is 0 Å². The maximum absolute atomic E-state index is 14.2. The fourth-order valence-corrected chi connectivity index (χ4v) is 4.52. The Bertz CT molecular complexity index is 1360. The van der Waals surface area contributed by atoms with Gasteiger partial charge >= 0.3 is 12.1 Å². The van der Waals surface area contributed by atoms with E-state index in [1.807, 2.05) is 0 Å².